The van der Waals surface area contributed by atoms with Crippen molar-refractivity contribution in [1.29, 1.82) is 0 Å². The van der Waals surface area contributed by atoms with Crippen molar-refractivity contribution in [3.05, 3.63) is 72.3 Å². The zero-order chi connectivity index (χ0) is 13.8. The van der Waals surface area contributed by atoms with Crippen LogP contribution in [-0.4, -0.2) is 14.3 Å². The average Bonchev–Trinajstić information content (AvgIpc) is 3.09. The normalized spacial score (nSPS) is 10.7. The van der Waals surface area contributed by atoms with Crippen LogP contribution < -0.4 is 5.32 Å². The number of hydrogen-bond donors (Lipinski definition) is 1. The van der Waals surface area contributed by atoms with Crippen LogP contribution in [0.3, 0.4) is 0 Å². The first-order chi connectivity index (χ1) is 9.79. The molecule has 4 heteroatoms. The topological polar surface area (TPSA) is 34.8 Å². The van der Waals surface area contributed by atoms with Gasteiger partial charge in [-0.1, -0.05) is 12.1 Å². The third-order valence-corrected chi connectivity index (χ3v) is 3.22. The summed E-state index contributed by atoms with van der Waals surface area (Å²) in [7, 11) is 2.04. The van der Waals surface area contributed by atoms with Crippen LogP contribution in [0, 0.1) is 0 Å². The molecule has 20 heavy (non-hydrogen) atoms. The number of rotatable bonds is 5. The molecule has 2 heterocycles. The highest BCUT2D eigenvalue weighted by atomic mass is 15.3. The van der Waals surface area contributed by atoms with Crippen molar-refractivity contribution in [3.8, 4) is 0 Å². The molecule has 0 unspecified atom stereocenters. The van der Waals surface area contributed by atoms with Crippen LogP contribution in [0.5, 0.6) is 0 Å². The van der Waals surface area contributed by atoms with Gasteiger partial charge in [-0.2, -0.15) is 5.10 Å². The largest absolute Gasteiger partial charge is 0.381 e. The smallest absolute Gasteiger partial charge is 0.0660 e. The molecule has 4 nitrogen and oxygen atoms in total. The molecule has 102 valence electrons. The van der Waals surface area contributed by atoms with Gasteiger partial charge in [0.15, 0.2) is 0 Å². The first-order valence-corrected chi connectivity index (χ1v) is 6.71. The Morgan fingerprint density at radius 3 is 2.80 bits per heavy atom. The summed E-state index contributed by atoms with van der Waals surface area (Å²) >= 11 is 0. The van der Waals surface area contributed by atoms with E-state index in [0.29, 0.717) is 0 Å². The number of aromatic nitrogens is 3. The van der Waals surface area contributed by atoms with E-state index in [4.69, 9.17) is 0 Å². The third kappa shape index (κ3) is 3.09. The second-order valence-electron chi connectivity index (χ2n) is 4.94. The molecule has 0 fully saturated rings. The first kappa shape index (κ1) is 12.5. The fourth-order valence-corrected chi connectivity index (χ4v) is 2.23. The molecule has 0 saturated heterocycles. The summed E-state index contributed by atoms with van der Waals surface area (Å²) in [5.41, 5.74) is 3.66. The van der Waals surface area contributed by atoms with E-state index in [1.54, 1.807) is 6.20 Å². The maximum absolute atomic E-state index is 4.23. The molecule has 0 radical (unpaired) electrons. The van der Waals surface area contributed by atoms with Crippen LogP contribution in [0.1, 0.15) is 11.1 Å². The van der Waals surface area contributed by atoms with Gasteiger partial charge >= 0.3 is 0 Å². The first-order valence-electron chi connectivity index (χ1n) is 6.71. The molecular formula is C16H18N4. The van der Waals surface area contributed by atoms with Crippen LogP contribution >= 0.6 is 0 Å². The Labute approximate surface area is 118 Å². The molecule has 1 aromatic carbocycles. The SMILES string of the molecule is Cn1ccc(CNc2cccc(Cn3cccn3)c2)c1. The van der Waals surface area contributed by atoms with Gasteiger partial charge in [0.1, 0.15) is 0 Å². The zero-order valence-corrected chi connectivity index (χ0v) is 11.5. The fourth-order valence-electron chi connectivity index (χ4n) is 2.23. The number of benzene rings is 1. The van der Waals surface area contributed by atoms with E-state index in [-0.39, 0.29) is 0 Å². The van der Waals surface area contributed by atoms with Crippen molar-refractivity contribution in [3.63, 3.8) is 0 Å². The Balaban J connectivity index is 1.65. The molecule has 0 saturated carbocycles. The molecule has 0 bridgehead atoms. The van der Waals surface area contributed by atoms with Gasteiger partial charge in [-0.15, -0.1) is 0 Å². The van der Waals surface area contributed by atoms with Crippen LogP contribution in [0.15, 0.2) is 61.2 Å². The number of nitrogens with zero attached hydrogens (tertiary/aromatic N) is 3. The van der Waals surface area contributed by atoms with E-state index in [1.165, 1.54) is 11.1 Å². The van der Waals surface area contributed by atoms with E-state index in [9.17, 15) is 0 Å². The Morgan fingerprint density at radius 2 is 2.05 bits per heavy atom. The Hall–Kier alpha value is -2.49. The van der Waals surface area contributed by atoms with Crippen molar-refractivity contribution in [2.75, 3.05) is 5.32 Å². The van der Waals surface area contributed by atoms with Crippen molar-refractivity contribution in [1.82, 2.24) is 14.3 Å². The lowest BCUT2D eigenvalue weighted by Crippen LogP contribution is -2.02. The predicted molar refractivity (Wildman–Crippen MR) is 80.5 cm³/mol. The van der Waals surface area contributed by atoms with E-state index < -0.39 is 0 Å². The second-order valence-corrected chi connectivity index (χ2v) is 4.94. The van der Waals surface area contributed by atoms with Crippen LogP contribution in [0.25, 0.3) is 0 Å². The molecule has 0 spiro atoms. The number of aryl methyl sites for hydroxylation is 1. The second kappa shape index (κ2) is 5.65. The van der Waals surface area contributed by atoms with E-state index in [0.717, 1.165) is 18.8 Å². The highest BCUT2D eigenvalue weighted by Crippen LogP contribution is 2.13. The lowest BCUT2D eigenvalue weighted by Gasteiger charge is -2.08. The van der Waals surface area contributed by atoms with Gasteiger partial charge in [-0.05, 0) is 35.4 Å². The van der Waals surface area contributed by atoms with E-state index >= 15 is 0 Å². The predicted octanol–water partition coefficient (Wildman–Crippen LogP) is 2.88. The molecule has 0 aliphatic carbocycles. The highest BCUT2D eigenvalue weighted by molar-refractivity contribution is 5.46. The van der Waals surface area contributed by atoms with Gasteiger partial charge in [0.2, 0.25) is 0 Å². The zero-order valence-electron chi connectivity index (χ0n) is 11.5. The van der Waals surface area contributed by atoms with Crippen molar-refractivity contribution in [2.24, 2.45) is 7.05 Å². The van der Waals surface area contributed by atoms with Gasteiger partial charge in [-0.3, -0.25) is 4.68 Å². The summed E-state index contributed by atoms with van der Waals surface area (Å²) in [6, 6.07) is 12.5. The molecule has 2 aromatic heterocycles. The maximum Gasteiger partial charge on any atom is 0.0660 e. The van der Waals surface area contributed by atoms with Crippen LogP contribution in [0.4, 0.5) is 5.69 Å². The Morgan fingerprint density at radius 1 is 1.10 bits per heavy atom. The standard InChI is InChI=1S/C16H18N4/c1-19-9-6-15(12-19)11-17-16-5-2-4-14(10-16)13-20-8-3-7-18-20/h2-10,12,17H,11,13H2,1H3. The summed E-state index contributed by atoms with van der Waals surface area (Å²) in [6.45, 7) is 1.64. The monoisotopic (exact) mass is 266 g/mol. The molecule has 0 aliphatic heterocycles. The van der Waals surface area contributed by atoms with Gasteiger partial charge in [0.25, 0.3) is 0 Å². The molecule has 1 N–H and O–H groups in total. The lowest BCUT2D eigenvalue weighted by molar-refractivity contribution is 0.687. The minimum atomic E-state index is 0.799. The molecule has 0 aliphatic rings. The molecule has 3 aromatic rings. The summed E-state index contributed by atoms with van der Waals surface area (Å²) in [6.07, 6.45) is 7.97. The van der Waals surface area contributed by atoms with Crippen molar-refractivity contribution < 1.29 is 0 Å². The van der Waals surface area contributed by atoms with Crippen LogP contribution in [-0.2, 0) is 20.1 Å². The highest BCUT2D eigenvalue weighted by Gasteiger charge is 1.99. The minimum Gasteiger partial charge on any atom is -0.381 e. The van der Waals surface area contributed by atoms with Gasteiger partial charge in [0.05, 0.1) is 6.54 Å². The molecular weight excluding hydrogens is 248 g/mol. The van der Waals surface area contributed by atoms with Crippen molar-refractivity contribution >= 4 is 5.69 Å². The summed E-state index contributed by atoms with van der Waals surface area (Å²) in [5.74, 6) is 0. The van der Waals surface area contributed by atoms with E-state index in [2.05, 4.69) is 57.7 Å². The number of anilines is 1. The van der Waals surface area contributed by atoms with Gasteiger partial charge in [-0.25, -0.2) is 0 Å². The maximum atomic E-state index is 4.23. The molecule has 3 rings (SSSR count). The lowest BCUT2D eigenvalue weighted by atomic mass is 10.2. The van der Waals surface area contributed by atoms with Crippen LogP contribution in [0.2, 0.25) is 0 Å². The summed E-state index contributed by atoms with van der Waals surface area (Å²) in [5, 5.41) is 7.68. The number of nitrogens with one attached hydrogen (secondary N) is 1. The van der Waals surface area contributed by atoms with Crippen molar-refractivity contribution in [2.45, 2.75) is 13.1 Å². The van der Waals surface area contributed by atoms with E-state index in [1.807, 2.05) is 24.0 Å². The average molecular weight is 266 g/mol. The quantitative estimate of drug-likeness (QED) is 0.770. The fraction of sp³-hybridized carbons (Fsp3) is 0.188. The molecule has 0 amide bonds. The molecule has 0 atom stereocenters. The third-order valence-electron chi connectivity index (χ3n) is 3.22. The number of hydrogen-bond acceptors (Lipinski definition) is 2. The summed E-state index contributed by atoms with van der Waals surface area (Å²) in [4.78, 5) is 0. The summed E-state index contributed by atoms with van der Waals surface area (Å²) < 4.78 is 3.99. The Bertz CT molecular complexity index is 667. The minimum absolute atomic E-state index is 0.799. The Kier molecular flexibility index (Phi) is 3.54. The van der Waals surface area contributed by atoms with Gasteiger partial charge < -0.3 is 9.88 Å². The van der Waals surface area contributed by atoms with Gasteiger partial charge in [0, 0.05) is 44.1 Å².